The Balaban J connectivity index is 1.78. The number of nitrogens with two attached hydrogens (primary N) is 1. The maximum absolute atomic E-state index is 12.3. The second-order valence-corrected chi connectivity index (χ2v) is 5.87. The normalized spacial score (nSPS) is 11.6. The molecule has 0 spiro atoms. The molecule has 0 radical (unpaired) electrons. The average Bonchev–Trinajstić information content (AvgIpc) is 3.16. The third kappa shape index (κ3) is 2.52. The minimum Gasteiger partial charge on any atom is -0.384 e. The van der Waals surface area contributed by atoms with Crippen LogP contribution < -0.4 is 22.4 Å². The molecule has 0 atom stereocenters. The Labute approximate surface area is 151 Å². The average molecular weight is 365 g/mol. The lowest BCUT2D eigenvalue weighted by molar-refractivity contribution is 0.692. The van der Waals surface area contributed by atoms with E-state index in [9.17, 15) is 9.59 Å². The topological polar surface area (TPSA) is 137 Å². The van der Waals surface area contributed by atoms with E-state index in [-0.39, 0.29) is 11.4 Å². The maximum atomic E-state index is 12.3. The lowest BCUT2D eigenvalue weighted by Gasteiger charge is -2.09. The SMILES string of the molecule is Cn1c(N)c(/C=N\Nc2nn3cnnc3c3ccccc23)c(=O)n(C)c1=O. The molecule has 0 saturated carbocycles. The van der Waals surface area contributed by atoms with Gasteiger partial charge in [-0.25, -0.2) is 4.79 Å². The molecule has 0 aliphatic rings. The monoisotopic (exact) mass is 365 g/mol. The Hall–Kier alpha value is -4.02. The zero-order valence-electron chi connectivity index (χ0n) is 14.5. The molecule has 4 rings (SSSR count). The van der Waals surface area contributed by atoms with Gasteiger partial charge >= 0.3 is 5.69 Å². The first-order valence-electron chi connectivity index (χ1n) is 7.92. The molecule has 11 heteroatoms. The van der Waals surface area contributed by atoms with Gasteiger partial charge in [0.15, 0.2) is 11.5 Å². The molecule has 0 aliphatic carbocycles. The number of nitrogen functional groups attached to an aromatic ring is 1. The standard InChI is InChI=1S/C16H15N9O2/c1-23-12(17)11(15(26)24(2)16(23)27)7-18-20-13-9-5-3-4-6-10(9)14-21-19-8-25(14)22-13/h3-8H,17H2,1-2H3,(H,20,22)/b18-7-. The van der Waals surface area contributed by atoms with Crippen molar-refractivity contribution in [2.45, 2.75) is 0 Å². The third-order valence-electron chi connectivity index (χ3n) is 4.27. The first-order valence-corrected chi connectivity index (χ1v) is 7.92. The van der Waals surface area contributed by atoms with E-state index in [1.54, 1.807) is 0 Å². The molecule has 1 aromatic carbocycles. The van der Waals surface area contributed by atoms with Crippen LogP contribution in [0.25, 0.3) is 16.4 Å². The molecule has 3 aromatic heterocycles. The number of hydrogen-bond acceptors (Lipinski definition) is 8. The summed E-state index contributed by atoms with van der Waals surface area (Å²) < 4.78 is 3.67. The van der Waals surface area contributed by atoms with Crippen LogP contribution in [0.1, 0.15) is 5.56 Å². The van der Waals surface area contributed by atoms with Crippen LogP contribution in [0.4, 0.5) is 11.6 Å². The number of rotatable bonds is 3. The van der Waals surface area contributed by atoms with E-state index in [0.29, 0.717) is 11.5 Å². The Bertz CT molecular complexity index is 1330. The summed E-state index contributed by atoms with van der Waals surface area (Å²) in [7, 11) is 2.86. The fourth-order valence-corrected chi connectivity index (χ4v) is 2.77. The number of hydrazone groups is 1. The van der Waals surface area contributed by atoms with E-state index >= 15 is 0 Å². The van der Waals surface area contributed by atoms with Crippen molar-refractivity contribution in [3.05, 3.63) is 57.0 Å². The van der Waals surface area contributed by atoms with Gasteiger partial charge in [0.25, 0.3) is 5.56 Å². The highest BCUT2D eigenvalue weighted by molar-refractivity contribution is 6.00. The van der Waals surface area contributed by atoms with Crippen LogP contribution in [0.5, 0.6) is 0 Å². The highest BCUT2D eigenvalue weighted by Gasteiger charge is 2.12. The maximum Gasteiger partial charge on any atom is 0.332 e. The molecule has 0 bridgehead atoms. The number of anilines is 2. The second kappa shape index (κ2) is 6.05. The Kier molecular flexibility index (Phi) is 3.69. The molecular weight excluding hydrogens is 350 g/mol. The van der Waals surface area contributed by atoms with Crippen LogP contribution in [-0.2, 0) is 14.1 Å². The van der Waals surface area contributed by atoms with Gasteiger partial charge in [0.05, 0.1) is 6.21 Å². The van der Waals surface area contributed by atoms with Crippen molar-refractivity contribution >= 4 is 34.3 Å². The van der Waals surface area contributed by atoms with E-state index in [1.807, 2.05) is 24.3 Å². The summed E-state index contributed by atoms with van der Waals surface area (Å²) in [4.78, 5) is 24.1. The summed E-state index contributed by atoms with van der Waals surface area (Å²) in [5.74, 6) is 0.482. The number of aromatic nitrogens is 6. The third-order valence-corrected chi connectivity index (χ3v) is 4.27. The Morgan fingerprint density at radius 1 is 1.15 bits per heavy atom. The summed E-state index contributed by atoms with van der Waals surface area (Å²) in [5, 5.41) is 18.0. The number of nitrogens with one attached hydrogen (secondary N) is 1. The van der Waals surface area contributed by atoms with Crippen LogP contribution in [0, 0.1) is 0 Å². The van der Waals surface area contributed by atoms with Gasteiger partial charge < -0.3 is 5.73 Å². The van der Waals surface area contributed by atoms with Gasteiger partial charge in [0.2, 0.25) is 0 Å². The first-order chi connectivity index (χ1) is 13.0. The molecule has 3 heterocycles. The highest BCUT2D eigenvalue weighted by Crippen LogP contribution is 2.23. The van der Waals surface area contributed by atoms with Crippen molar-refractivity contribution in [1.29, 1.82) is 0 Å². The smallest absolute Gasteiger partial charge is 0.332 e. The van der Waals surface area contributed by atoms with Crippen LogP contribution >= 0.6 is 0 Å². The molecule has 11 nitrogen and oxygen atoms in total. The summed E-state index contributed by atoms with van der Waals surface area (Å²) in [6, 6.07) is 7.52. The van der Waals surface area contributed by atoms with Crippen LogP contribution in [-0.4, -0.2) is 35.2 Å². The van der Waals surface area contributed by atoms with E-state index in [0.717, 1.165) is 15.3 Å². The molecule has 3 N–H and O–H groups in total. The molecule has 27 heavy (non-hydrogen) atoms. The van der Waals surface area contributed by atoms with Gasteiger partial charge in [-0.3, -0.25) is 19.4 Å². The predicted octanol–water partition coefficient (Wildman–Crippen LogP) is -0.297. The van der Waals surface area contributed by atoms with Crippen molar-refractivity contribution < 1.29 is 0 Å². The lowest BCUT2D eigenvalue weighted by Crippen LogP contribution is -2.40. The van der Waals surface area contributed by atoms with Crippen molar-refractivity contribution in [1.82, 2.24) is 28.9 Å². The van der Waals surface area contributed by atoms with Crippen LogP contribution in [0.15, 0.2) is 45.3 Å². The Morgan fingerprint density at radius 3 is 2.67 bits per heavy atom. The largest absolute Gasteiger partial charge is 0.384 e. The van der Waals surface area contributed by atoms with E-state index in [1.165, 1.54) is 35.7 Å². The quantitative estimate of drug-likeness (QED) is 0.376. The fourth-order valence-electron chi connectivity index (χ4n) is 2.77. The van der Waals surface area contributed by atoms with Gasteiger partial charge in [-0.15, -0.1) is 15.3 Å². The summed E-state index contributed by atoms with van der Waals surface area (Å²) in [5.41, 5.74) is 8.38. The molecular formula is C16H15N9O2. The van der Waals surface area contributed by atoms with Crippen molar-refractivity contribution in [3.8, 4) is 0 Å². The number of nitrogens with zero attached hydrogens (tertiary/aromatic N) is 7. The zero-order valence-corrected chi connectivity index (χ0v) is 14.5. The first kappa shape index (κ1) is 16.4. The number of benzene rings is 1. The second-order valence-electron chi connectivity index (χ2n) is 5.87. The van der Waals surface area contributed by atoms with Crippen molar-refractivity contribution in [3.63, 3.8) is 0 Å². The molecule has 0 amide bonds. The molecule has 136 valence electrons. The van der Waals surface area contributed by atoms with E-state index in [2.05, 4.69) is 25.8 Å². The van der Waals surface area contributed by atoms with Crippen LogP contribution in [0.2, 0.25) is 0 Å². The van der Waals surface area contributed by atoms with Gasteiger partial charge in [-0.1, -0.05) is 24.3 Å². The molecule has 0 unspecified atom stereocenters. The molecule has 0 fully saturated rings. The summed E-state index contributed by atoms with van der Waals surface area (Å²) >= 11 is 0. The number of hydrogen-bond donors (Lipinski definition) is 2. The van der Waals surface area contributed by atoms with Gasteiger partial charge in [-0.05, 0) is 0 Å². The molecule has 0 saturated heterocycles. The molecule has 0 aliphatic heterocycles. The van der Waals surface area contributed by atoms with E-state index in [4.69, 9.17) is 5.73 Å². The fraction of sp³-hybridized carbons (Fsp3) is 0.125. The highest BCUT2D eigenvalue weighted by atomic mass is 16.2. The minimum atomic E-state index is -0.534. The van der Waals surface area contributed by atoms with E-state index < -0.39 is 11.2 Å². The molecule has 4 aromatic rings. The van der Waals surface area contributed by atoms with Crippen molar-refractivity contribution in [2.75, 3.05) is 11.2 Å². The number of fused-ring (bicyclic) bond motifs is 3. The van der Waals surface area contributed by atoms with Crippen LogP contribution in [0.3, 0.4) is 0 Å². The van der Waals surface area contributed by atoms with Gasteiger partial charge in [0, 0.05) is 24.9 Å². The summed E-state index contributed by atoms with van der Waals surface area (Å²) in [6.45, 7) is 0. The van der Waals surface area contributed by atoms with Gasteiger partial charge in [0.1, 0.15) is 17.7 Å². The Morgan fingerprint density at radius 2 is 1.89 bits per heavy atom. The lowest BCUT2D eigenvalue weighted by atomic mass is 10.2. The minimum absolute atomic E-state index is 0.0285. The zero-order chi connectivity index (χ0) is 19.1. The van der Waals surface area contributed by atoms with Gasteiger partial charge in [-0.2, -0.15) is 9.62 Å². The predicted molar refractivity (Wildman–Crippen MR) is 101 cm³/mol. The van der Waals surface area contributed by atoms with Crippen molar-refractivity contribution in [2.24, 2.45) is 19.2 Å². The summed E-state index contributed by atoms with van der Waals surface area (Å²) in [6.07, 6.45) is 2.75.